The lowest BCUT2D eigenvalue weighted by Crippen LogP contribution is -2.25. The van der Waals surface area contributed by atoms with Gasteiger partial charge in [0.2, 0.25) is 0 Å². The molecule has 1 aromatic rings. The van der Waals surface area contributed by atoms with Gasteiger partial charge in [0.15, 0.2) is 11.5 Å². The average Bonchev–Trinajstić information content (AvgIpc) is 2.35. The summed E-state index contributed by atoms with van der Waals surface area (Å²) in [7, 11) is 3.00. The Morgan fingerprint density at radius 3 is 1.94 bits per heavy atom. The summed E-state index contributed by atoms with van der Waals surface area (Å²) >= 11 is 0. The molecule has 18 heavy (non-hydrogen) atoms. The van der Waals surface area contributed by atoms with Crippen LogP contribution in [0, 0.1) is 19.7 Å². The molecule has 0 aromatic heterocycles. The fourth-order valence-corrected chi connectivity index (χ4v) is 2.28. The highest BCUT2D eigenvalue weighted by Crippen LogP contribution is 2.44. The van der Waals surface area contributed by atoms with E-state index in [1.54, 1.807) is 13.8 Å². The molecule has 0 atom stereocenters. The molecule has 0 aliphatic heterocycles. The minimum absolute atomic E-state index is 0.101. The van der Waals surface area contributed by atoms with Crippen LogP contribution < -0.4 is 9.47 Å². The van der Waals surface area contributed by atoms with Crippen molar-refractivity contribution in [3.8, 4) is 11.5 Å². The first-order valence-corrected chi connectivity index (χ1v) is 5.83. The third-order valence-electron chi connectivity index (χ3n) is 3.29. The van der Waals surface area contributed by atoms with Gasteiger partial charge in [-0.05, 0) is 19.4 Å². The number of hydrogen-bond donors (Lipinski definition) is 1. The lowest BCUT2D eigenvalue weighted by atomic mass is 9.81. The zero-order valence-corrected chi connectivity index (χ0v) is 11.8. The Morgan fingerprint density at radius 2 is 1.56 bits per heavy atom. The SMILES string of the molecule is COc1c(C)c(F)c(C)c(C(C)(C)CO)c1OC. The predicted molar refractivity (Wildman–Crippen MR) is 69.1 cm³/mol. The number of ether oxygens (including phenoxy) is 2. The number of aliphatic hydroxyl groups is 1. The van der Waals surface area contributed by atoms with E-state index in [2.05, 4.69) is 0 Å². The Kier molecular flexibility index (Phi) is 4.22. The van der Waals surface area contributed by atoms with Crippen LogP contribution in [-0.4, -0.2) is 25.9 Å². The van der Waals surface area contributed by atoms with Crippen molar-refractivity contribution in [2.75, 3.05) is 20.8 Å². The molecule has 1 rings (SSSR count). The molecular weight excluding hydrogens is 235 g/mol. The van der Waals surface area contributed by atoms with Crippen LogP contribution in [0.15, 0.2) is 0 Å². The van der Waals surface area contributed by atoms with Gasteiger partial charge in [-0.25, -0.2) is 4.39 Å². The molecule has 0 radical (unpaired) electrons. The van der Waals surface area contributed by atoms with Gasteiger partial charge in [-0.2, -0.15) is 0 Å². The highest BCUT2D eigenvalue weighted by Gasteiger charge is 2.31. The van der Waals surface area contributed by atoms with Gasteiger partial charge in [-0.1, -0.05) is 13.8 Å². The van der Waals surface area contributed by atoms with E-state index in [-0.39, 0.29) is 12.4 Å². The molecule has 3 nitrogen and oxygen atoms in total. The topological polar surface area (TPSA) is 38.7 Å². The van der Waals surface area contributed by atoms with Crippen molar-refractivity contribution in [3.05, 3.63) is 22.5 Å². The van der Waals surface area contributed by atoms with Crippen LogP contribution in [0.25, 0.3) is 0 Å². The largest absolute Gasteiger partial charge is 0.493 e. The summed E-state index contributed by atoms with van der Waals surface area (Å²) in [4.78, 5) is 0. The Balaban J connectivity index is 3.74. The van der Waals surface area contributed by atoms with E-state index in [9.17, 15) is 9.50 Å². The van der Waals surface area contributed by atoms with Gasteiger partial charge < -0.3 is 14.6 Å². The minimum Gasteiger partial charge on any atom is -0.493 e. The van der Waals surface area contributed by atoms with Crippen LogP contribution in [0.1, 0.15) is 30.5 Å². The van der Waals surface area contributed by atoms with Crippen molar-refractivity contribution in [1.29, 1.82) is 0 Å². The minimum atomic E-state index is -0.600. The Hall–Kier alpha value is -1.29. The molecule has 0 saturated carbocycles. The van der Waals surface area contributed by atoms with Crippen molar-refractivity contribution >= 4 is 0 Å². The number of benzene rings is 1. The third kappa shape index (κ3) is 2.17. The Bertz CT molecular complexity index is 453. The second-order valence-corrected chi connectivity index (χ2v) is 5.05. The van der Waals surface area contributed by atoms with Crippen molar-refractivity contribution in [1.82, 2.24) is 0 Å². The van der Waals surface area contributed by atoms with Gasteiger partial charge in [-0.3, -0.25) is 0 Å². The average molecular weight is 256 g/mol. The van der Waals surface area contributed by atoms with Crippen LogP contribution in [-0.2, 0) is 5.41 Å². The van der Waals surface area contributed by atoms with E-state index in [4.69, 9.17) is 9.47 Å². The van der Waals surface area contributed by atoms with Crippen molar-refractivity contribution in [2.24, 2.45) is 0 Å². The monoisotopic (exact) mass is 256 g/mol. The summed E-state index contributed by atoms with van der Waals surface area (Å²) in [6, 6.07) is 0. The second-order valence-electron chi connectivity index (χ2n) is 5.05. The quantitative estimate of drug-likeness (QED) is 0.900. The van der Waals surface area contributed by atoms with E-state index in [1.807, 2.05) is 13.8 Å². The molecule has 0 aliphatic carbocycles. The summed E-state index contributed by atoms with van der Waals surface area (Å²) in [6.45, 7) is 6.92. The normalized spacial score (nSPS) is 11.6. The van der Waals surface area contributed by atoms with Gasteiger partial charge in [0.1, 0.15) is 5.82 Å². The van der Waals surface area contributed by atoms with Crippen LogP contribution in [0.2, 0.25) is 0 Å². The number of rotatable bonds is 4. The maximum atomic E-state index is 14.2. The summed E-state index contributed by atoms with van der Waals surface area (Å²) in [6.07, 6.45) is 0. The standard InChI is InChI=1S/C14H21FO3/c1-8-10(14(3,4)7-16)13(18-6)12(17-5)9(2)11(8)15/h16H,7H2,1-6H3. The van der Waals surface area contributed by atoms with E-state index >= 15 is 0 Å². The number of aliphatic hydroxyl groups excluding tert-OH is 1. The summed E-state index contributed by atoms with van der Waals surface area (Å²) in [5.41, 5.74) is 0.957. The van der Waals surface area contributed by atoms with Crippen LogP contribution in [0.5, 0.6) is 11.5 Å². The van der Waals surface area contributed by atoms with Gasteiger partial charge in [0.25, 0.3) is 0 Å². The van der Waals surface area contributed by atoms with E-state index < -0.39 is 5.41 Å². The maximum absolute atomic E-state index is 14.2. The molecule has 0 aliphatic rings. The molecule has 1 N–H and O–H groups in total. The van der Waals surface area contributed by atoms with Gasteiger partial charge in [0.05, 0.1) is 20.8 Å². The van der Waals surface area contributed by atoms with Crippen LogP contribution in [0.4, 0.5) is 4.39 Å². The van der Waals surface area contributed by atoms with Crippen LogP contribution in [0.3, 0.4) is 0 Å². The van der Waals surface area contributed by atoms with Gasteiger partial charge in [0, 0.05) is 16.5 Å². The number of methoxy groups -OCH3 is 2. The Labute approximate surface area is 108 Å². The van der Waals surface area contributed by atoms with Crippen molar-refractivity contribution < 1.29 is 19.0 Å². The second kappa shape index (κ2) is 5.14. The first-order valence-electron chi connectivity index (χ1n) is 5.83. The molecule has 0 heterocycles. The first kappa shape index (κ1) is 14.8. The maximum Gasteiger partial charge on any atom is 0.166 e. The molecule has 102 valence electrons. The first-order chi connectivity index (χ1) is 8.31. The summed E-state index contributed by atoms with van der Waals surface area (Å²) < 4.78 is 24.8. The predicted octanol–water partition coefficient (Wildman–Crippen LogP) is 2.73. The molecule has 0 bridgehead atoms. The highest BCUT2D eigenvalue weighted by atomic mass is 19.1. The van der Waals surface area contributed by atoms with Crippen molar-refractivity contribution in [2.45, 2.75) is 33.1 Å². The zero-order chi connectivity index (χ0) is 14.1. The molecule has 4 heteroatoms. The van der Waals surface area contributed by atoms with Crippen molar-refractivity contribution in [3.63, 3.8) is 0 Å². The molecule has 0 amide bonds. The van der Waals surface area contributed by atoms with E-state index in [1.165, 1.54) is 14.2 Å². The van der Waals surface area contributed by atoms with E-state index in [0.717, 1.165) is 0 Å². The highest BCUT2D eigenvalue weighted by molar-refractivity contribution is 5.58. The number of hydrogen-bond acceptors (Lipinski definition) is 3. The lowest BCUT2D eigenvalue weighted by molar-refractivity contribution is 0.212. The van der Waals surface area contributed by atoms with E-state index in [0.29, 0.717) is 28.2 Å². The van der Waals surface area contributed by atoms with Gasteiger partial charge in [-0.15, -0.1) is 0 Å². The summed E-state index contributed by atoms with van der Waals surface area (Å²) in [5.74, 6) is 0.564. The summed E-state index contributed by atoms with van der Waals surface area (Å²) in [5, 5.41) is 9.50. The molecule has 0 unspecified atom stereocenters. The fraction of sp³-hybridized carbons (Fsp3) is 0.571. The Morgan fingerprint density at radius 1 is 1.06 bits per heavy atom. The molecule has 1 aromatic carbocycles. The van der Waals surface area contributed by atoms with Gasteiger partial charge >= 0.3 is 0 Å². The molecular formula is C14H21FO3. The fourth-order valence-electron chi connectivity index (χ4n) is 2.28. The smallest absolute Gasteiger partial charge is 0.166 e. The third-order valence-corrected chi connectivity index (χ3v) is 3.29. The molecule has 0 saturated heterocycles. The number of halogens is 1. The molecule has 0 spiro atoms. The molecule has 0 fully saturated rings. The van der Waals surface area contributed by atoms with Crippen LogP contribution >= 0.6 is 0 Å². The lowest BCUT2D eigenvalue weighted by Gasteiger charge is -2.29. The zero-order valence-electron chi connectivity index (χ0n) is 11.8.